The SMILES string of the molecule is C[C@H](Oc1cc(C(=N)/C=N\NC2CCCCO2)nc(C(=N)C2=C(O)[C@]3(CCCCC3=O)CCC2)n1)[C@@H]1CCCN1C. The number of aliphatic hydroxyl groups excluding tert-OH is 1. The van der Waals surface area contributed by atoms with Gasteiger partial charge in [-0.1, -0.05) is 6.42 Å². The van der Waals surface area contributed by atoms with Crippen molar-refractivity contribution in [1.82, 2.24) is 20.3 Å². The van der Waals surface area contributed by atoms with Crippen LogP contribution in [0.25, 0.3) is 0 Å². The van der Waals surface area contributed by atoms with Crippen molar-refractivity contribution in [3.05, 3.63) is 28.9 Å². The first-order valence-electron chi connectivity index (χ1n) is 15.1. The van der Waals surface area contributed by atoms with Crippen molar-refractivity contribution < 1.29 is 19.4 Å². The fourth-order valence-electron chi connectivity index (χ4n) is 6.70. The van der Waals surface area contributed by atoms with Crippen LogP contribution >= 0.6 is 0 Å². The Bertz CT molecular complexity index is 1230. The lowest BCUT2D eigenvalue weighted by Crippen LogP contribution is -2.39. The molecule has 1 unspecified atom stereocenters. The summed E-state index contributed by atoms with van der Waals surface area (Å²) in [6, 6.07) is 1.84. The predicted octanol–water partition coefficient (Wildman–Crippen LogP) is 4.30. The number of likely N-dealkylation sites (tertiary alicyclic amines) is 1. The van der Waals surface area contributed by atoms with Crippen LogP contribution in [0.4, 0.5) is 0 Å². The van der Waals surface area contributed by atoms with E-state index in [0.717, 1.165) is 51.5 Å². The maximum atomic E-state index is 13.0. The lowest BCUT2D eigenvalue weighted by molar-refractivity contribution is -0.131. The molecular weight excluding hydrogens is 522 g/mol. The summed E-state index contributed by atoms with van der Waals surface area (Å²) in [5.74, 6) is 0.396. The van der Waals surface area contributed by atoms with Gasteiger partial charge in [0.15, 0.2) is 5.82 Å². The Morgan fingerprint density at radius 3 is 2.76 bits per heavy atom. The predicted molar refractivity (Wildman–Crippen MR) is 156 cm³/mol. The number of allylic oxidation sites excluding steroid dienone is 2. The van der Waals surface area contributed by atoms with Gasteiger partial charge in [0.1, 0.15) is 35.3 Å². The number of aromatic nitrogens is 2. The molecule has 0 aromatic carbocycles. The number of nitrogens with zero attached hydrogens (tertiary/aromatic N) is 4. The van der Waals surface area contributed by atoms with E-state index in [9.17, 15) is 9.90 Å². The molecule has 1 spiro atoms. The third-order valence-electron chi connectivity index (χ3n) is 9.08. The van der Waals surface area contributed by atoms with Crippen molar-refractivity contribution in [1.29, 1.82) is 10.8 Å². The molecule has 5 rings (SSSR count). The number of likely N-dealkylation sites (N-methyl/N-ethyl adjacent to an activating group) is 1. The maximum absolute atomic E-state index is 13.0. The van der Waals surface area contributed by atoms with Crippen molar-refractivity contribution in [2.45, 2.75) is 102 Å². The van der Waals surface area contributed by atoms with Gasteiger partial charge in [0.25, 0.3) is 0 Å². The Morgan fingerprint density at radius 1 is 1.20 bits per heavy atom. The molecule has 1 aromatic heterocycles. The van der Waals surface area contributed by atoms with Gasteiger partial charge in [-0.2, -0.15) is 10.1 Å². The topological polar surface area (TPSA) is 157 Å². The van der Waals surface area contributed by atoms with E-state index >= 15 is 0 Å². The van der Waals surface area contributed by atoms with Crippen molar-refractivity contribution in [2.24, 2.45) is 10.5 Å². The first kappa shape index (κ1) is 29.3. The average molecular weight is 566 g/mol. The van der Waals surface area contributed by atoms with Crippen LogP contribution in [-0.4, -0.2) is 82.0 Å². The lowest BCUT2D eigenvalue weighted by atomic mass is 9.64. The Kier molecular flexibility index (Phi) is 9.13. The van der Waals surface area contributed by atoms with Crippen molar-refractivity contribution in [2.75, 3.05) is 20.2 Å². The number of ketones is 1. The van der Waals surface area contributed by atoms with Gasteiger partial charge in [-0.25, -0.2) is 4.98 Å². The van der Waals surface area contributed by atoms with Crippen molar-refractivity contribution in [3.63, 3.8) is 0 Å². The Labute approximate surface area is 241 Å². The van der Waals surface area contributed by atoms with Crippen LogP contribution in [0.3, 0.4) is 0 Å². The number of aliphatic hydroxyl groups is 1. The second-order valence-electron chi connectivity index (χ2n) is 11.9. The number of carbonyl (C=O) groups is 1. The van der Waals surface area contributed by atoms with Crippen LogP contribution in [0.15, 0.2) is 22.5 Å². The molecule has 1 aromatic rings. The zero-order valence-corrected chi connectivity index (χ0v) is 24.2. The highest BCUT2D eigenvalue weighted by Gasteiger charge is 2.47. The summed E-state index contributed by atoms with van der Waals surface area (Å²) in [6.07, 6.45) is 10.7. The van der Waals surface area contributed by atoms with E-state index in [-0.39, 0.29) is 58.7 Å². The fraction of sp³-hybridized carbons (Fsp3) is 0.667. The molecule has 3 heterocycles. The third kappa shape index (κ3) is 6.35. The molecule has 4 aliphatic rings. The molecule has 0 radical (unpaired) electrons. The Hall–Kier alpha value is -3.18. The molecule has 2 aliphatic heterocycles. The summed E-state index contributed by atoms with van der Waals surface area (Å²) >= 11 is 0. The summed E-state index contributed by atoms with van der Waals surface area (Å²) in [6.45, 7) is 3.71. The van der Waals surface area contributed by atoms with E-state index < -0.39 is 5.41 Å². The number of nitrogens with one attached hydrogen (secondary N) is 3. The molecule has 1 saturated carbocycles. The van der Waals surface area contributed by atoms with Gasteiger partial charge in [-0.05, 0) is 84.7 Å². The summed E-state index contributed by atoms with van der Waals surface area (Å²) in [7, 11) is 2.08. The largest absolute Gasteiger partial charge is 0.511 e. The van der Waals surface area contributed by atoms with Crippen LogP contribution in [-0.2, 0) is 9.53 Å². The van der Waals surface area contributed by atoms with Gasteiger partial charge in [0, 0.05) is 30.7 Å². The standard InChI is InChI=1S/C30H43N7O4/c1-19(23-10-8-15-37(23)2)41-26-17-22(21(31)18-33-36-25-12-4-6-16-40-25)34-29(35-26)27(32)20-9-7-14-30(28(20)39)13-5-3-11-24(30)38/h17-19,23,25,31-32,36,39H,3-16H2,1-2H3/b31-21?,32-27?,33-18-/t19-,23-,25?,30+/m0/s1. The summed E-state index contributed by atoms with van der Waals surface area (Å²) in [5, 5.41) is 33.3. The molecule has 2 saturated heterocycles. The Balaban J connectivity index is 1.43. The minimum Gasteiger partial charge on any atom is -0.511 e. The van der Waals surface area contributed by atoms with Crippen molar-refractivity contribution in [3.8, 4) is 5.88 Å². The van der Waals surface area contributed by atoms with E-state index in [1.165, 1.54) is 6.21 Å². The second kappa shape index (κ2) is 12.8. The van der Waals surface area contributed by atoms with Crippen LogP contribution in [0.2, 0.25) is 0 Å². The number of ether oxygens (including phenoxy) is 2. The molecule has 11 heteroatoms. The van der Waals surface area contributed by atoms with E-state index in [1.54, 1.807) is 6.07 Å². The van der Waals surface area contributed by atoms with Gasteiger partial charge in [-0.3, -0.25) is 25.9 Å². The zero-order chi connectivity index (χ0) is 29.0. The smallest absolute Gasteiger partial charge is 0.217 e. The molecule has 3 fully saturated rings. The molecule has 222 valence electrons. The minimum absolute atomic E-state index is 0.00388. The van der Waals surface area contributed by atoms with Crippen LogP contribution in [0, 0.1) is 16.2 Å². The molecular formula is C30H43N7O4. The first-order valence-corrected chi connectivity index (χ1v) is 15.1. The van der Waals surface area contributed by atoms with E-state index in [0.29, 0.717) is 44.3 Å². The summed E-state index contributed by atoms with van der Waals surface area (Å²) in [4.78, 5) is 24.4. The second-order valence-corrected chi connectivity index (χ2v) is 11.9. The fourth-order valence-corrected chi connectivity index (χ4v) is 6.70. The average Bonchev–Trinajstić information content (AvgIpc) is 3.42. The molecule has 0 amide bonds. The molecule has 0 bridgehead atoms. The van der Waals surface area contributed by atoms with Crippen LogP contribution < -0.4 is 10.2 Å². The van der Waals surface area contributed by atoms with Gasteiger partial charge in [0.2, 0.25) is 5.88 Å². The quantitative estimate of drug-likeness (QED) is 0.255. The highest BCUT2D eigenvalue weighted by atomic mass is 16.5. The Morgan fingerprint density at radius 2 is 2.02 bits per heavy atom. The number of hydrogen-bond donors (Lipinski definition) is 4. The molecule has 41 heavy (non-hydrogen) atoms. The van der Waals surface area contributed by atoms with Crippen LogP contribution in [0.5, 0.6) is 5.88 Å². The van der Waals surface area contributed by atoms with Gasteiger partial charge < -0.3 is 14.6 Å². The summed E-state index contributed by atoms with van der Waals surface area (Å²) < 4.78 is 11.9. The van der Waals surface area contributed by atoms with Gasteiger partial charge >= 0.3 is 0 Å². The maximum Gasteiger partial charge on any atom is 0.217 e. The minimum atomic E-state index is -0.900. The zero-order valence-electron chi connectivity index (χ0n) is 24.2. The number of hydrogen-bond acceptors (Lipinski definition) is 11. The third-order valence-corrected chi connectivity index (χ3v) is 9.08. The van der Waals surface area contributed by atoms with Gasteiger partial charge in [-0.15, -0.1) is 0 Å². The molecule has 4 atom stereocenters. The molecule has 4 N–H and O–H groups in total. The van der Waals surface area contributed by atoms with E-state index in [2.05, 4.69) is 32.4 Å². The summed E-state index contributed by atoms with van der Waals surface area (Å²) in [5.41, 5.74) is 2.72. The lowest BCUT2D eigenvalue weighted by Gasteiger charge is -2.39. The highest BCUT2D eigenvalue weighted by molar-refractivity contribution is 6.36. The monoisotopic (exact) mass is 565 g/mol. The van der Waals surface area contributed by atoms with E-state index in [4.69, 9.17) is 20.3 Å². The number of carbonyl (C=O) groups excluding carboxylic acids is 1. The molecule has 2 aliphatic carbocycles. The molecule has 11 nitrogen and oxygen atoms in total. The van der Waals surface area contributed by atoms with Gasteiger partial charge in [0.05, 0.1) is 17.3 Å². The first-order chi connectivity index (χ1) is 19.8. The van der Waals surface area contributed by atoms with Crippen LogP contribution in [0.1, 0.15) is 95.5 Å². The normalized spacial score (nSPS) is 28.3. The van der Waals surface area contributed by atoms with Crippen molar-refractivity contribution >= 4 is 23.4 Å². The van der Waals surface area contributed by atoms with E-state index in [1.807, 2.05) is 6.92 Å². The highest BCUT2D eigenvalue weighted by Crippen LogP contribution is 2.48. The number of Topliss-reactive ketones (excluding diaryl/α,β-unsaturated/α-hetero) is 1. The number of rotatable bonds is 9. The number of hydrazone groups is 1.